The summed E-state index contributed by atoms with van der Waals surface area (Å²) in [6, 6.07) is 0. The molecule has 0 aromatic carbocycles. The molecule has 0 aromatic heterocycles. The Bertz CT molecular complexity index is 265. The molecule has 0 spiro atoms. The van der Waals surface area contributed by atoms with Gasteiger partial charge in [0.2, 0.25) is 5.91 Å². The smallest absolute Gasteiger partial charge is 0.323 e. The van der Waals surface area contributed by atoms with Crippen LogP contribution in [0.25, 0.3) is 0 Å². The molecule has 1 fully saturated rings. The standard InChI is InChI=1S/C12H21NO3/c1-3-13(8-11(14)15)12(16)10-6-4-5-9(2)7-10/h9-10H,3-8H2,1-2H3,(H,14,15). The van der Waals surface area contributed by atoms with Crippen LogP contribution in [0.4, 0.5) is 0 Å². The molecule has 1 aliphatic rings. The highest BCUT2D eigenvalue weighted by Crippen LogP contribution is 2.29. The van der Waals surface area contributed by atoms with E-state index in [1.165, 1.54) is 11.3 Å². The van der Waals surface area contributed by atoms with Gasteiger partial charge >= 0.3 is 5.97 Å². The number of carbonyl (C=O) groups excluding carboxylic acids is 1. The number of likely N-dealkylation sites (N-methyl/N-ethyl adjacent to an activating group) is 1. The minimum atomic E-state index is -0.931. The van der Waals surface area contributed by atoms with E-state index >= 15 is 0 Å². The molecule has 1 rings (SSSR count). The minimum absolute atomic E-state index is 0.0245. The second-order valence-electron chi connectivity index (χ2n) is 4.71. The first-order valence-corrected chi connectivity index (χ1v) is 6.05. The van der Waals surface area contributed by atoms with Crippen LogP contribution in [-0.2, 0) is 9.59 Å². The molecule has 1 saturated carbocycles. The number of aliphatic carboxylic acids is 1. The van der Waals surface area contributed by atoms with Gasteiger partial charge in [-0.1, -0.05) is 19.8 Å². The lowest BCUT2D eigenvalue weighted by molar-refractivity contribution is -0.146. The predicted octanol–water partition coefficient (Wildman–Crippen LogP) is 1.75. The van der Waals surface area contributed by atoms with Crippen molar-refractivity contribution in [3.8, 4) is 0 Å². The van der Waals surface area contributed by atoms with Crippen molar-refractivity contribution in [1.82, 2.24) is 4.90 Å². The third-order valence-electron chi connectivity index (χ3n) is 3.31. The molecule has 2 atom stereocenters. The van der Waals surface area contributed by atoms with Gasteiger partial charge in [-0.05, 0) is 25.7 Å². The number of hydrogen-bond acceptors (Lipinski definition) is 2. The van der Waals surface area contributed by atoms with Crippen LogP contribution >= 0.6 is 0 Å². The molecule has 0 aliphatic heterocycles. The Morgan fingerprint density at radius 1 is 1.38 bits per heavy atom. The summed E-state index contributed by atoms with van der Waals surface area (Å²) in [5.74, 6) is -0.273. The highest BCUT2D eigenvalue weighted by Gasteiger charge is 2.28. The number of carboxylic acid groups (broad SMARTS) is 1. The van der Waals surface area contributed by atoms with E-state index in [-0.39, 0.29) is 18.4 Å². The maximum absolute atomic E-state index is 12.1. The fourth-order valence-electron chi connectivity index (χ4n) is 2.43. The topological polar surface area (TPSA) is 57.6 Å². The average molecular weight is 227 g/mol. The highest BCUT2D eigenvalue weighted by molar-refractivity contribution is 5.83. The molecule has 1 aliphatic carbocycles. The number of carbonyl (C=O) groups is 2. The van der Waals surface area contributed by atoms with Gasteiger partial charge in [-0.25, -0.2) is 0 Å². The van der Waals surface area contributed by atoms with E-state index in [9.17, 15) is 9.59 Å². The van der Waals surface area contributed by atoms with Crippen LogP contribution in [0.3, 0.4) is 0 Å². The molecule has 4 heteroatoms. The average Bonchev–Trinajstić information content (AvgIpc) is 2.24. The lowest BCUT2D eigenvalue weighted by Gasteiger charge is -2.30. The van der Waals surface area contributed by atoms with Crippen molar-refractivity contribution in [2.75, 3.05) is 13.1 Å². The molecule has 0 saturated heterocycles. The molecule has 4 nitrogen and oxygen atoms in total. The van der Waals surface area contributed by atoms with Crippen molar-refractivity contribution in [2.45, 2.75) is 39.5 Å². The van der Waals surface area contributed by atoms with Crippen LogP contribution in [0.15, 0.2) is 0 Å². The summed E-state index contributed by atoms with van der Waals surface area (Å²) < 4.78 is 0. The first-order chi connectivity index (χ1) is 7.54. The predicted molar refractivity (Wildman–Crippen MR) is 61.0 cm³/mol. The van der Waals surface area contributed by atoms with E-state index < -0.39 is 5.97 Å². The summed E-state index contributed by atoms with van der Waals surface area (Å²) >= 11 is 0. The second kappa shape index (κ2) is 5.87. The van der Waals surface area contributed by atoms with Crippen LogP contribution in [-0.4, -0.2) is 35.0 Å². The Kier molecular flexibility index (Phi) is 4.77. The Labute approximate surface area is 96.6 Å². The maximum atomic E-state index is 12.1. The van der Waals surface area contributed by atoms with E-state index in [0.717, 1.165) is 19.3 Å². The van der Waals surface area contributed by atoms with Crippen molar-refractivity contribution in [2.24, 2.45) is 11.8 Å². The molecule has 0 radical (unpaired) electrons. The van der Waals surface area contributed by atoms with Gasteiger partial charge in [0.05, 0.1) is 0 Å². The van der Waals surface area contributed by atoms with Crippen molar-refractivity contribution < 1.29 is 14.7 Å². The molecule has 0 aromatic rings. The van der Waals surface area contributed by atoms with Crippen LogP contribution in [0, 0.1) is 11.8 Å². The van der Waals surface area contributed by atoms with Crippen molar-refractivity contribution in [3.05, 3.63) is 0 Å². The first kappa shape index (κ1) is 13.0. The summed E-state index contributed by atoms with van der Waals surface area (Å²) in [4.78, 5) is 24.1. The quantitative estimate of drug-likeness (QED) is 0.796. The van der Waals surface area contributed by atoms with Gasteiger partial charge in [-0.3, -0.25) is 9.59 Å². The van der Waals surface area contributed by atoms with Crippen LogP contribution < -0.4 is 0 Å². The zero-order chi connectivity index (χ0) is 12.1. The van der Waals surface area contributed by atoms with Crippen LogP contribution in [0.2, 0.25) is 0 Å². The van der Waals surface area contributed by atoms with Crippen LogP contribution in [0.5, 0.6) is 0 Å². The molecule has 0 heterocycles. The summed E-state index contributed by atoms with van der Waals surface area (Å²) in [6.45, 7) is 4.30. The molecule has 1 N–H and O–H groups in total. The Balaban J connectivity index is 2.56. The van der Waals surface area contributed by atoms with E-state index in [1.54, 1.807) is 0 Å². The molecular weight excluding hydrogens is 206 g/mol. The third kappa shape index (κ3) is 3.51. The molecule has 16 heavy (non-hydrogen) atoms. The van der Waals surface area contributed by atoms with E-state index in [0.29, 0.717) is 12.5 Å². The zero-order valence-corrected chi connectivity index (χ0v) is 10.1. The zero-order valence-electron chi connectivity index (χ0n) is 10.1. The number of rotatable bonds is 4. The SMILES string of the molecule is CCN(CC(=O)O)C(=O)C1CCCC(C)C1. The largest absolute Gasteiger partial charge is 0.480 e. The van der Waals surface area contributed by atoms with Gasteiger partial charge in [0.1, 0.15) is 6.54 Å². The summed E-state index contributed by atoms with van der Waals surface area (Å²) in [5, 5.41) is 8.72. The molecule has 92 valence electrons. The van der Waals surface area contributed by atoms with Gasteiger partial charge < -0.3 is 10.0 Å². The normalized spacial score (nSPS) is 25.1. The number of hydrogen-bond donors (Lipinski definition) is 1. The monoisotopic (exact) mass is 227 g/mol. The molecule has 1 amide bonds. The third-order valence-corrected chi connectivity index (χ3v) is 3.31. The molecular formula is C12H21NO3. The Morgan fingerprint density at radius 2 is 2.06 bits per heavy atom. The fraction of sp³-hybridized carbons (Fsp3) is 0.833. The maximum Gasteiger partial charge on any atom is 0.323 e. The van der Waals surface area contributed by atoms with Crippen molar-refractivity contribution >= 4 is 11.9 Å². The summed E-state index contributed by atoms with van der Waals surface area (Å²) in [7, 11) is 0. The number of nitrogens with zero attached hydrogens (tertiary/aromatic N) is 1. The van der Waals surface area contributed by atoms with E-state index in [1.807, 2.05) is 6.92 Å². The van der Waals surface area contributed by atoms with Crippen molar-refractivity contribution in [1.29, 1.82) is 0 Å². The first-order valence-electron chi connectivity index (χ1n) is 6.05. The van der Waals surface area contributed by atoms with Gasteiger partial charge in [0, 0.05) is 12.5 Å². The molecule has 0 bridgehead atoms. The Morgan fingerprint density at radius 3 is 2.56 bits per heavy atom. The summed E-state index contributed by atoms with van der Waals surface area (Å²) in [6.07, 6.45) is 4.10. The number of amides is 1. The lowest BCUT2D eigenvalue weighted by Crippen LogP contribution is -2.40. The lowest BCUT2D eigenvalue weighted by atomic mass is 9.82. The summed E-state index contributed by atoms with van der Waals surface area (Å²) in [5.41, 5.74) is 0. The Hall–Kier alpha value is -1.06. The second-order valence-corrected chi connectivity index (χ2v) is 4.71. The molecule has 2 unspecified atom stereocenters. The van der Waals surface area contributed by atoms with Gasteiger partial charge in [-0.15, -0.1) is 0 Å². The number of carboxylic acids is 1. The van der Waals surface area contributed by atoms with Gasteiger partial charge in [0.15, 0.2) is 0 Å². The van der Waals surface area contributed by atoms with E-state index in [2.05, 4.69) is 6.92 Å². The fourth-order valence-corrected chi connectivity index (χ4v) is 2.43. The van der Waals surface area contributed by atoms with E-state index in [4.69, 9.17) is 5.11 Å². The minimum Gasteiger partial charge on any atom is -0.480 e. The van der Waals surface area contributed by atoms with Crippen LogP contribution in [0.1, 0.15) is 39.5 Å². The van der Waals surface area contributed by atoms with Gasteiger partial charge in [-0.2, -0.15) is 0 Å². The van der Waals surface area contributed by atoms with Gasteiger partial charge in [0.25, 0.3) is 0 Å². The van der Waals surface area contributed by atoms with Crippen molar-refractivity contribution in [3.63, 3.8) is 0 Å². The highest BCUT2D eigenvalue weighted by atomic mass is 16.4.